The number of hydrogen-bond acceptors (Lipinski definition) is 6. The Bertz CT molecular complexity index is 1520. The summed E-state index contributed by atoms with van der Waals surface area (Å²) in [4.78, 5) is 17.5. The number of nitrogens with one attached hydrogen (secondary N) is 1. The number of aromatic hydroxyl groups is 1. The van der Waals surface area contributed by atoms with Gasteiger partial charge in [0.25, 0.3) is 5.91 Å². The summed E-state index contributed by atoms with van der Waals surface area (Å²) in [7, 11) is -3.59. The van der Waals surface area contributed by atoms with Gasteiger partial charge in [0.2, 0.25) is 10.0 Å². The maximum atomic E-state index is 13.5. The zero-order chi connectivity index (χ0) is 27.9. The lowest BCUT2D eigenvalue weighted by Crippen LogP contribution is -2.37. The highest BCUT2D eigenvalue weighted by Crippen LogP contribution is 2.38. The summed E-state index contributed by atoms with van der Waals surface area (Å²) in [6, 6.07) is 17.2. The number of amides is 1. The van der Waals surface area contributed by atoms with E-state index in [1.165, 1.54) is 23.4 Å². The van der Waals surface area contributed by atoms with Gasteiger partial charge in [0.05, 0.1) is 25.2 Å². The molecule has 0 spiro atoms. The summed E-state index contributed by atoms with van der Waals surface area (Å²) in [5.74, 6) is -0.359. The van der Waals surface area contributed by atoms with Crippen molar-refractivity contribution in [3.63, 3.8) is 0 Å². The Labute approximate surface area is 230 Å². The normalized spacial score (nSPS) is 16.3. The van der Waals surface area contributed by atoms with Crippen LogP contribution in [0.3, 0.4) is 0 Å². The fourth-order valence-corrected chi connectivity index (χ4v) is 5.75. The molecule has 1 amide bonds. The number of carbonyl (C=O) groups excluding carboxylic acids is 1. The Morgan fingerprint density at radius 2 is 1.64 bits per heavy atom. The summed E-state index contributed by atoms with van der Waals surface area (Å²) < 4.78 is 31.3. The first-order valence-electron chi connectivity index (χ1n) is 13.1. The predicted octanol–water partition coefficient (Wildman–Crippen LogP) is 4.77. The number of anilines is 3. The molecule has 3 aromatic rings. The first-order chi connectivity index (χ1) is 18.4. The molecule has 206 valence electrons. The van der Waals surface area contributed by atoms with Gasteiger partial charge >= 0.3 is 0 Å². The van der Waals surface area contributed by atoms with Crippen molar-refractivity contribution in [2.45, 2.75) is 32.6 Å². The number of benzene rings is 3. The molecule has 0 aliphatic carbocycles. The van der Waals surface area contributed by atoms with Gasteiger partial charge in [0.1, 0.15) is 5.75 Å². The van der Waals surface area contributed by atoms with E-state index in [9.17, 15) is 18.3 Å². The number of carbonyl (C=O) groups is 1. The van der Waals surface area contributed by atoms with Crippen molar-refractivity contribution in [2.24, 2.45) is 0 Å². The molecule has 2 aliphatic heterocycles. The van der Waals surface area contributed by atoms with Crippen LogP contribution in [0.4, 0.5) is 17.1 Å². The summed E-state index contributed by atoms with van der Waals surface area (Å²) >= 11 is 0. The Morgan fingerprint density at radius 3 is 2.33 bits per heavy atom. The number of hydrogen-bond donors (Lipinski definition) is 2. The molecule has 3 aromatic carbocycles. The highest BCUT2D eigenvalue weighted by atomic mass is 32.2. The van der Waals surface area contributed by atoms with Gasteiger partial charge < -0.3 is 19.6 Å². The second kappa shape index (κ2) is 10.2. The van der Waals surface area contributed by atoms with E-state index < -0.39 is 10.0 Å². The van der Waals surface area contributed by atoms with Gasteiger partial charge in [-0.2, -0.15) is 0 Å². The molecule has 8 nitrogen and oxygen atoms in total. The number of rotatable bonds is 5. The molecule has 0 aromatic heterocycles. The predicted molar refractivity (Wildman–Crippen MR) is 156 cm³/mol. The Hall–Kier alpha value is -3.56. The van der Waals surface area contributed by atoms with E-state index in [0.29, 0.717) is 37.4 Å². The zero-order valence-corrected chi connectivity index (χ0v) is 23.6. The van der Waals surface area contributed by atoms with E-state index in [1.54, 1.807) is 11.0 Å². The summed E-state index contributed by atoms with van der Waals surface area (Å²) in [5, 5.41) is 10.1. The van der Waals surface area contributed by atoms with Crippen molar-refractivity contribution >= 4 is 33.0 Å². The minimum atomic E-state index is -3.59. The molecule has 2 aliphatic rings. The van der Waals surface area contributed by atoms with Crippen LogP contribution in [0.25, 0.3) is 11.1 Å². The Kier molecular flexibility index (Phi) is 7.07. The largest absolute Gasteiger partial charge is 0.506 e. The van der Waals surface area contributed by atoms with Crippen LogP contribution in [0.5, 0.6) is 5.75 Å². The molecule has 0 radical (unpaired) electrons. The average molecular weight is 550 g/mol. The number of ether oxygens (including phenoxy) is 1. The topological polar surface area (TPSA) is 99.2 Å². The van der Waals surface area contributed by atoms with Crippen molar-refractivity contribution in [2.75, 3.05) is 53.6 Å². The van der Waals surface area contributed by atoms with Crippen LogP contribution in [0.1, 0.15) is 42.3 Å². The van der Waals surface area contributed by atoms with E-state index in [0.717, 1.165) is 36.0 Å². The van der Waals surface area contributed by atoms with E-state index in [2.05, 4.69) is 54.7 Å². The Morgan fingerprint density at radius 1 is 0.923 bits per heavy atom. The third-order valence-electron chi connectivity index (χ3n) is 7.30. The van der Waals surface area contributed by atoms with Crippen molar-refractivity contribution in [3.05, 3.63) is 71.3 Å². The maximum absolute atomic E-state index is 13.5. The lowest BCUT2D eigenvalue weighted by Gasteiger charge is -2.33. The van der Waals surface area contributed by atoms with Crippen molar-refractivity contribution in [1.82, 2.24) is 0 Å². The van der Waals surface area contributed by atoms with Crippen LogP contribution in [0, 0.1) is 0 Å². The molecule has 39 heavy (non-hydrogen) atoms. The molecule has 1 saturated heterocycles. The van der Waals surface area contributed by atoms with Crippen molar-refractivity contribution in [3.8, 4) is 16.9 Å². The average Bonchev–Trinajstić information content (AvgIpc) is 2.89. The van der Waals surface area contributed by atoms with E-state index >= 15 is 0 Å². The molecule has 5 rings (SSSR count). The highest BCUT2D eigenvalue weighted by molar-refractivity contribution is 7.92. The standard InChI is InChI=1S/C30H35N3O5S/c1-30(2,3)22-6-9-24(27(18-22)32-13-15-38-16-14-32)20-5-8-25-21(17-20)11-12-33(29(25)35)23-7-10-28(34)26(19-23)31-39(4,36)37/h5-10,17-19,31,34H,11-16H2,1-4H3. The number of phenols is 1. The second-order valence-electron chi connectivity index (χ2n) is 11.2. The third-order valence-corrected chi connectivity index (χ3v) is 7.89. The van der Waals surface area contributed by atoms with Crippen LogP contribution in [0.2, 0.25) is 0 Å². The fourth-order valence-electron chi connectivity index (χ4n) is 5.18. The molecule has 0 saturated carbocycles. The minimum Gasteiger partial charge on any atom is -0.506 e. The quantitative estimate of drug-likeness (QED) is 0.445. The highest BCUT2D eigenvalue weighted by Gasteiger charge is 2.27. The lowest BCUT2D eigenvalue weighted by molar-refractivity contribution is 0.0980. The minimum absolute atomic E-state index is 0.0240. The summed E-state index contributed by atoms with van der Waals surface area (Å²) in [5.41, 5.74) is 6.85. The molecule has 1 fully saturated rings. The van der Waals surface area contributed by atoms with Crippen LogP contribution in [-0.2, 0) is 26.6 Å². The molecule has 2 heterocycles. The smallest absolute Gasteiger partial charge is 0.258 e. The van der Waals surface area contributed by atoms with Gasteiger partial charge in [0, 0.05) is 42.1 Å². The molecule has 0 bridgehead atoms. The Balaban J connectivity index is 1.48. The first kappa shape index (κ1) is 27.0. The van der Waals surface area contributed by atoms with Crippen LogP contribution in [-0.4, -0.2) is 58.5 Å². The fraction of sp³-hybridized carbons (Fsp3) is 0.367. The van der Waals surface area contributed by atoms with E-state index in [4.69, 9.17) is 4.74 Å². The van der Waals surface area contributed by atoms with E-state index in [-0.39, 0.29) is 22.8 Å². The molecule has 0 atom stereocenters. The first-order valence-corrected chi connectivity index (χ1v) is 15.0. The van der Waals surface area contributed by atoms with Gasteiger partial charge in [-0.15, -0.1) is 0 Å². The second-order valence-corrected chi connectivity index (χ2v) is 13.0. The van der Waals surface area contributed by atoms with Gasteiger partial charge in [0.15, 0.2) is 0 Å². The van der Waals surface area contributed by atoms with Crippen molar-refractivity contribution < 1.29 is 23.1 Å². The van der Waals surface area contributed by atoms with Gasteiger partial charge in [-0.1, -0.05) is 45.0 Å². The van der Waals surface area contributed by atoms with Crippen molar-refractivity contribution in [1.29, 1.82) is 0 Å². The van der Waals surface area contributed by atoms with Crippen LogP contribution < -0.4 is 14.5 Å². The SMILES string of the molecule is CC(C)(C)c1ccc(-c2ccc3c(c2)CCN(c2ccc(O)c(NS(C)(=O)=O)c2)C3=O)c(N2CCOCC2)c1. The molecule has 0 unspecified atom stereocenters. The zero-order valence-electron chi connectivity index (χ0n) is 22.8. The maximum Gasteiger partial charge on any atom is 0.258 e. The number of fused-ring (bicyclic) bond motifs is 1. The lowest BCUT2D eigenvalue weighted by atomic mass is 9.85. The summed E-state index contributed by atoms with van der Waals surface area (Å²) in [6.45, 7) is 10.2. The van der Waals surface area contributed by atoms with Gasteiger partial charge in [-0.05, 0) is 58.9 Å². The van der Waals surface area contributed by atoms with Gasteiger partial charge in [-0.25, -0.2) is 8.42 Å². The number of nitrogens with zero attached hydrogens (tertiary/aromatic N) is 2. The van der Waals surface area contributed by atoms with Crippen LogP contribution >= 0.6 is 0 Å². The monoisotopic (exact) mass is 549 g/mol. The summed E-state index contributed by atoms with van der Waals surface area (Å²) in [6.07, 6.45) is 1.66. The number of phenolic OH excluding ortho intramolecular Hbond substituents is 1. The molecular formula is C30H35N3O5S. The van der Waals surface area contributed by atoms with Crippen LogP contribution in [0.15, 0.2) is 54.6 Å². The van der Waals surface area contributed by atoms with Gasteiger partial charge in [-0.3, -0.25) is 9.52 Å². The molecule has 2 N–H and O–H groups in total. The number of morpholine rings is 1. The third kappa shape index (κ3) is 5.74. The molecule has 9 heteroatoms. The van der Waals surface area contributed by atoms with E-state index in [1.807, 2.05) is 12.1 Å². The molecular weight excluding hydrogens is 514 g/mol. The number of sulfonamides is 1.